The highest BCUT2D eigenvalue weighted by Gasteiger charge is 2.17. The number of carbonyl (C=O) groups excluding carboxylic acids is 1. The summed E-state index contributed by atoms with van der Waals surface area (Å²) >= 11 is 0. The van der Waals surface area contributed by atoms with E-state index < -0.39 is 18.2 Å². The van der Waals surface area contributed by atoms with E-state index in [1.807, 2.05) is 42.5 Å². The maximum absolute atomic E-state index is 12.4. The molecule has 1 atom stereocenters. The van der Waals surface area contributed by atoms with E-state index >= 15 is 0 Å². The molecule has 1 unspecified atom stereocenters. The van der Waals surface area contributed by atoms with Crippen LogP contribution >= 0.6 is 0 Å². The zero-order valence-corrected chi connectivity index (χ0v) is 18.0. The van der Waals surface area contributed by atoms with E-state index in [1.165, 1.54) is 0 Å². The number of amides is 1. The SMILES string of the molecule is Cc1noc(C#Cc2ccc3c(CC(=O)O)c[nH]c3c2)c1NC(=O)OC(C)c1ccccc1. The molecule has 0 aliphatic heterocycles. The summed E-state index contributed by atoms with van der Waals surface area (Å²) in [5.41, 5.74) is 3.87. The molecule has 8 nitrogen and oxygen atoms in total. The van der Waals surface area contributed by atoms with Crippen molar-refractivity contribution in [3.8, 4) is 11.8 Å². The van der Waals surface area contributed by atoms with Crippen LogP contribution in [0, 0.1) is 18.8 Å². The molecular formula is C25H21N3O5. The minimum atomic E-state index is -0.892. The fourth-order valence-electron chi connectivity index (χ4n) is 3.39. The number of aromatic nitrogens is 2. The topological polar surface area (TPSA) is 117 Å². The van der Waals surface area contributed by atoms with Crippen LogP contribution < -0.4 is 5.32 Å². The largest absolute Gasteiger partial charge is 0.481 e. The monoisotopic (exact) mass is 443 g/mol. The van der Waals surface area contributed by atoms with Crippen LogP contribution in [0.2, 0.25) is 0 Å². The van der Waals surface area contributed by atoms with Crippen LogP contribution in [0.4, 0.5) is 10.5 Å². The predicted molar refractivity (Wildman–Crippen MR) is 122 cm³/mol. The van der Waals surface area contributed by atoms with Crippen molar-refractivity contribution in [3.63, 3.8) is 0 Å². The van der Waals surface area contributed by atoms with Crippen LogP contribution in [0.15, 0.2) is 59.3 Å². The summed E-state index contributed by atoms with van der Waals surface area (Å²) in [5, 5.41) is 16.4. The molecule has 0 bridgehead atoms. The van der Waals surface area contributed by atoms with Crippen molar-refractivity contribution in [1.29, 1.82) is 0 Å². The number of carboxylic acids is 1. The van der Waals surface area contributed by atoms with Crippen molar-refractivity contribution in [1.82, 2.24) is 10.1 Å². The number of H-pyrrole nitrogens is 1. The highest BCUT2D eigenvalue weighted by atomic mass is 16.6. The number of aromatic amines is 1. The molecule has 0 saturated carbocycles. The van der Waals surface area contributed by atoms with Gasteiger partial charge in [0.15, 0.2) is 0 Å². The second kappa shape index (κ2) is 9.32. The molecule has 33 heavy (non-hydrogen) atoms. The first-order valence-corrected chi connectivity index (χ1v) is 10.2. The fourth-order valence-corrected chi connectivity index (χ4v) is 3.39. The predicted octanol–water partition coefficient (Wildman–Crippen LogP) is 4.80. The second-order valence-corrected chi connectivity index (χ2v) is 7.45. The van der Waals surface area contributed by atoms with E-state index in [2.05, 4.69) is 27.3 Å². The van der Waals surface area contributed by atoms with Crippen LogP contribution in [0.25, 0.3) is 10.9 Å². The maximum Gasteiger partial charge on any atom is 0.412 e. The third-order valence-electron chi connectivity index (χ3n) is 5.07. The molecule has 0 aliphatic carbocycles. The molecule has 3 N–H and O–H groups in total. The first-order valence-electron chi connectivity index (χ1n) is 10.2. The highest BCUT2D eigenvalue weighted by Crippen LogP contribution is 2.23. The molecule has 0 fully saturated rings. The van der Waals surface area contributed by atoms with Crippen molar-refractivity contribution >= 4 is 28.7 Å². The standard InChI is InChI=1S/C25H21N3O5/c1-15-24(27-25(31)32-16(2)18-6-4-3-5-7-18)22(33-28-15)11-9-17-8-10-20-19(13-23(29)30)14-26-21(20)12-17/h3-8,10,12,14,16,26H,13H2,1-2H3,(H,27,31)(H,29,30). The van der Waals surface area contributed by atoms with E-state index in [4.69, 9.17) is 14.4 Å². The third kappa shape index (κ3) is 5.05. The number of aliphatic carboxylic acids is 1. The minimum absolute atomic E-state index is 0.0591. The molecule has 4 rings (SSSR count). The van der Waals surface area contributed by atoms with Crippen molar-refractivity contribution < 1.29 is 24.0 Å². The molecule has 1 amide bonds. The number of nitrogens with zero attached hydrogens (tertiary/aromatic N) is 1. The van der Waals surface area contributed by atoms with Gasteiger partial charge in [-0.25, -0.2) is 4.79 Å². The van der Waals surface area contributed by atoms with Gasteiger partial charge in [0.05, 0.1) is 6.42 Å². The van der Waals surface area contributed by atoms with Gasteiger partial charge in [-0.3, -0.25) is 10.1 Å². The van der Waals surface area contributed by atoms with Crippen molar-refractivity contribution in [2.45, 2.75) is 26.4 Å². The first kappa shape index (κ1) is 21.7. The van der Waals surface area contributed by atoms with E-state index in [1.54, 1.807) is 26.1 Å². The summed E-state index contributed by atoms with van der Waals surface area (Å²) in [7, 11) is 0. The summed E-state index contributed by atoms with van der Waals surface area (Å²) < 4.78 is 10.7. The van der Waals surface area contributed by atoms with Gasteiger partial charge in [0.2, 0.25) is 5.76 Å². The summed E-state index contributed by atoms with van der Waals surface area (Å²) in [6.07, 6.45) is 0.551. The van der Waals surface area contributed by atoms with Gasteiger partial charge < -0.3 is 19.4 Å². The summed E-state index contributed by atoms with van der Waals surface area (Å²) in [4.78, 5) is 26.5. The number of ether oxygens (including phenoxy) is 1. The average molecular weight is 443 g/mol. The Hall–Kier alpha value is -4.51. The number of nitrogens with one attached hydrogen (secondary N) is 2. The lowest BCUT2D eigenvalue weighted by atomic mass is 10.1. The molecule has 0 saturated heterocycles. The van der Waals surface area contributed by atoms with Gasteiger partial charge in [0.1, 0.15) is 17.5 Å². The van der Waals surface area contributed by atoms with Gasteiger partial charge in [-0.05, 0) is 43.0 Å². The summed E-state index contributed by atoms with van der Waals surface area (Å²) in [5.74, 6) is 5.18. The normalized spacial score (nSPS) is 11.5. The van der Waals surface area contributed by atoms with Gasteiger partial charge in [-0.2, -0.15) is 0 Å². The Kier molecular flexibility index (Phi) is 6.13. The van der Waals surface area contributed by atoms with E-state index in [0.29, 0.717) is 22.5 Å². The first-order chi connectivity index (χ1) is 15.9. The lowest BCUT2D eigenvalue weighted by molar-refractivity contribution is -0.136. The molecule has 0 radical (unpaired) electrons. The van der Waals surface area contributed by atoms with Gasteiger partial charge in [-0.15, -0.1) is 0 Å². The Bertz CT molecular complexity index is 1380. The molecule has 0 aliphatic rings. The number of hydrogen-bond acceptors (Lipinski definition) is 5. The molecule has 8 heteroatoms. The zero-order chi connectivity index (χ0) is 23.4. The van der Waals surface area contributed by atoms with Crippen LogP contribution in [-0.4, -0.2) is 27.3 Å². The lowest BCUT2D eigenvalue weighted by Crippen LogP contribution is -2.16. The average Bonchev–Trinajstić information content (AvgIpc) is 3.35. The number of hydrogen-bond donors (Lipinski definition) is 3. The molecule has 2 heterocycles. The Morgan fingerprint density at radius 3 is 2.76 bits per heavy atom. The van der Waals surface area contributed by atoms with E-state index in [-0.39, 0.29) is 12.2 Å². The number of benzene rings is 2. The number of carboxylic acid groups (broad SMARTS) is 1. The molecule has 4 aromatic rings. The third-order valence-corrected chi connectivity index (χ3v) is 5.07. The molecule has 2 aromatic carbocycles. The summed E-state index contributed by atoms with van der Waals surface area (Å²) in [6, 6.07) is 14.8. The van der Waals surface area contributed by atoms with Crippen molar-refractivity contribution in [2.75, 3.05) is 5.32 Å². The highest BCUT2D eigenvalue weighted by molar-refractivity contribution is 5.88. The van der Waals surface area contributed by atoms with E-state index in [9.17, 15) is 9.59 Å². The second-order valence-electron chi connectivity index (χ2n) is 7.45. The van der Waals surface area contributed by atoms with Crippen molar-refractivity contribution in [3.05, 3.63) is 82.9 Å². The number of fused-ring (bicyclic) bond motifs is 1. The zero-order valence-electron chi connectivity index (χ0n) is 18.0. The van der Waals surface area contributed by atoms with Crippen LogP contribution in [0.3, 0.4) is 0 Å². The number of anilines is 1. The molecule has 0 spiro atoms. The molecule has 2 aromatic heterocycles. The van der Waals surface area contributed by atoms with Crippen LogP contribution in [-0.2, 0) is 16.0 Å². The maximum atomic E-state index is 12.4. The van der Waals surface area contributed by atoms with Gasteiger partial charge in [-0.1, -0.05) is 47.5 Å². The minimum Gasteiger partial charge on any atom is -0.481 e. The number of aryl methyl sites for hydroxylation is 1. The van der Waals surface area contributed by atoms with Crippen LogP contribution in [0.1, 0.15) is 41.2 Å². The fraction of sp³-hybridized carbons (Fsp3) is 0.160. The number of carbonyl (C=O) groups is 2. The van der Waals surface area contributed by atoms with Gasteiger partial charge >= 0.3 is 12.1 Å². The van der Waals surface area contributed by atoms with Gasteiger partial charge in [0.25, 0.3) is 0 Å². The Morgan fingerprint density at radius 1 is 1.21 bits per heavy atom. The quantitative estimate of drug-likeness (QED) is 0.381. The van der Waals surface area contributed by atoms with Crippen molar-refractivity contribution in [2.24, 2.45) is 0 Å². The number of rotatable bonds is 5. The van der Waals surface area contributed by atoms with E-state index in [0.717, 1.165) is 16.5 Å². The molecular weight excluding hydrogens is 422 g/mol. The Balaban J connectivity index is 1.49. The van der Waals surface area contributed by atoms with Crippen LogP contribution in [0.5, 0.6) is 0 Å². The smallest absolute Gasteiger partial charge is 0.412 e. The summed E-state index contributed by atoms with van der Waals surface area (Å²) in [6.45, 7) is 3.48. The molecule has 166 valence electrons. The van der Waals surface area contributed by atoms with Gasteiger partial charge in [0, 0.05) is 22.7 Å². The Labute approximate surface area is 189 Å². The lowest BCUT2D eigenvalue weighted by Gasteiger charge is -2.13. The Morgan fingerprint density at radius 2 is 2.00 bits per heavy atom.